The molecule has 1 fully saturated rings. The molecule has 0 spiro atoms. The van der Waals surface area contributed by atoms with Gasteiger partial charge in [-0.3, -0.25) is 4.79 Å². The van der Waals surface area contributed by atoms with Gasteiger partial charge in [-0.15, -0.1) is 0 Å². The summed E-state index contributed by atoms with van der Waals surface area (Å²) in [5.74, 6) is 0.108. The van der Waals surface area contributed by atoms with E-state index >= 15 is 0 Å². The number of hydrogen-bond acceptors (Lipinski definition) is 3. The number of halogens is 1. The molecule has 0 unspecified atom stereocenters. The lowest BCUT2D eigenvalue weighted by Gasteiger charge is -2.29. The summed E-state index contributed by atoms with van der Waals surface area (Å²) in [5.41, 5.74) is 1.11. The number of rotatable bonds is 4. The molecular weight excluding hydrogens is 245 g/mol. The van der Waals surface area contributed by atoms with Gasteiger partial charge < -0.3 is 9.64 Å². The summed E-state index contributed by atoms with van der Waals surface area (Å²) in [7, 11) is 0. The number of carbonyl (C=O) groups excluding carboxylic acids is 1. The average Bonchev–Trinajstić information content (AvgIpc) is 2.39. The van der Waals surface area contributed by atoms with Gasteiger partial charge in [0.2, 0.25) is 0 Å². The third-order valence-corrected chi connectivity index (χ3v) is 3.21. The molecule has 19 heavy (non-hydrogen) atoms. The maximum absolute atomic E-state index is 13.9. The van der Waals surface area contributed by atoms with Crippen molar-refractivity contribution >= 4 is 11.5 Å². The molecule has 1 aromatic rings. The number of ketones is 1. The van der Waals surface area contributed by atoms with Crippen molar-refractivity contribution < 1.29 is 13.9 Å². The molecule has 2 rings (SSSR count). The van der Waals surface area contributed by atoms with E-state index in [1.54, 1.807) is 12.1 Å². The van der Waals surface area contributed by atoms with Crippen LogP contribution in [0.15, 0.2) is 18.2 Å². The molecule has 1 aliphatic heterocycles. The molecule has 104 valence electrons. The van der Waals surface area contributed by atoms with Crippen LogP contribution in [0.3, 0.4) is 0 Å². The smallest absolute Gasteiger partial charge is 0.163 e. The monoisotopic (exact) mass is 265 g/mol. The molecule has 0 N–H and O–H groups in total. The van der Waals surface area contributed by atoms with Crippen LogP contribution in [0, 0.1) is 11.7 Å². The van der Waals surface area contributed by atoms with Crippen LogP contribution < -0.4 is 4.90 Å². The van der Waals surface area contributed by atoms with Crippen molar-refractivity contribution in [2.24, 2.45) is 5.92 Å². The summed E-state index contributed by atoms with van der Waals surface area (Å²) in [4.78, 5) is 14.0. The Morgan fingerprint density at radius 3 is 2.68 bits per heavy atom. The fraction of sp³-hybridized carbons (Fsp3) is 0.533. The van der Waals surface area contributed by atoms with Crippen LogP contribution in [0.1, 0.15) is 30.6 Å². The van der Waals surface area contributed by atoms with Crippen molar-refractivity contribution in [3.8, 4) is 0 Å². The topological polar surface area (TPSA) is 29.5 Å². The second-order valence-electron chi connectivity index (χ2n) is 5.29. The number of Topliss-reactive ketones (excluding diaryl/α,β-unsaturated/α-hetero) is 1. The lowest BCUT2D eigenvalue weighted by molar-refractivity contribution is 0.0968. The zero-order chi connectivity index (χ0) is 13.8. The van der Waals surface area contributed by atoms with Crippen molar-refractivity contribution in [1.29, 1.82) is 0 Å². The van der Waals surface area contributed by atoms with E-state index < -0.39 is 0 Å². The van der Waals surface area contributed by atoms with Crippen LogP contribution in [0.2, 0.25) is 0 Å². The van der Waals surface area contributed by atoms with E-state index in [9.17, 15) is 9.18 Å². The fourth-order valence-electron chi connectivity index (χ4n) is 2.22. The highest BCUT2D eigenvalue weighted by molar-refractivity contribution is 5.97. The van der Waals surface area contributed by atoms with E-state index in [0.717, 1.165) is 0 Å². The van der Waals surface area contributed by atoms with E-state index in [4.69, 9.17) is 4.74 Å². The SMILES string of the molecule is CC(C)CC(=O)c1ccc(F)c(N2CCOCC2)c1. The first-order valence-corrected chi connectivity index (χ1v) is 6.73. The minimum Gasteiger partial charge on any atom is -0.378 e. The largest absolute Gasteiger partial charge is 0.378 e. The van der Waals surface area contributed by atoms with E-state index in [-0.39, 0.29) is 11.6 Å². The quantitative estimate of drug-likeness (QED) is 0.784. The Morgan fingerprint density at radius 1 is 1.37 bits per heavy atom. The lowest BCUT2D eigenvalue weighted by Crippen LogP contribution is -2.36. The first-order valence-electron chi connectivity index (χ1n) is 6.73. The Kier molecular flexibility index (Phi) is 4.53. The van der Waals surface area contributed by atoms with E-state index in [1.165, 1.54) is 6.07 Å². The van der Waals surface area contributed by atoms with Gasteiger partial charge in [-0.25, -0.2) is 4.39 Å². The third-order valence-electron chi connectivity index (χ3n) is 3.21. The molecule has 3 nitrogen and oxygen atoms in total. The molecule has 0 amide bonds. The normalized spacial score (nSPS) is 15.9. The number of morpholine rings is 1. The Bertz CT molecular complexity index is 453. The van der Waals surface area contributed by atoms with Crippen molar-refractivity contribution in [3.63, 3.8) is 0 Å². The van der Waals surface area contributed by atoms with Crippen LogP contribution in [0.4, 0.5) is 10.1 Å². The van der Waals surface area contributed by atoms with Gasteiger partial charge in [0.25, 0.3) is 0 Å². The van der Waals surface area contributed by atoms with Crippen LogP contribution in [0.25, 0.3) is 0 Å². The van der Waals surface area contributed by atoms with Gasteiger partial charge in [-0.05, 0) is 24.1 Å². The standard InChI is InChI=1S/C15H20FNO2/c1-11(2)9-15(18)12-3-4-13(16)14(10-12)17-5-7-19-8-6-17/h3-4,10-11H,5-9H2,1-2H3. The van der Waals surface area contributed by atoms with Crippen molar-refractivity contribution in [1.82, 2.24) is 0 Å². The van der Waals surface area contributed by atoms with Crippen LogP contribution in [-0.2, 0) is 4.74 Å². The lowest BCUT2D eigenvalue weighted by atomic mass is 10.0. The fourth-order valence-corrected chi connectivity index (χ4v) is 2.22. The predicted octanol–water partition coefficient (Wildman–Crippen LogP) is 2.89. The number of nitrogens with zero attached hydrogens (tertiary/aromatic N) is 1. The van der Waals surface area contributed by atoms with Gasteiger partial charge in [-0.1, -0.05) is 13.8 Å². The zero-order valence-corrected chi connectivity index (χ0v) is 11.5. The second-order valence-corrected chi connectivity index (χ2v) is 5.29. The van der Waals surface area contributed by atoms with Crippen LogP contribution in [0.5, 0.6) is 0 Å². The molecule has 0 saturated carbocycles. The van der Waals surface area contributed by atoms with Gasteiger partial charge in [0.05, 0.1) is 18.9 Å². The number of anilines is 1. The Hall–Kier alpha value is -1.42. The first-order chi connectivity index (χ1) is 9.08. The number of carbonyl (C=O) groups is 1. The maximum atomic E-state index is 13.9. The van der Waals surface area contributed by atoms with Gasteiger partial charge in [0.15, 0.2) is 5.78 Å². The highest BCUT2D eigenvalue weighted by atomic mass is 19.1. The van der Waals surface area contributed by atoms with E-state index in [0.29, 0.717) is 49.9 Å². The molecule has 1 heterocycles. The van der Waals surface area contributed by atoms with Crippen LogP contribution >= 0.6 is 0 Å². The van der Waals surface area contributed by atoms with E-state index in [1.807, 2.05) is 18.7 Å². The molecule has 0 radical (unpaired) electrons. The predicted molar refractivity (Wildman–Crippen MR) is 73.2 cm³/mol. The minimum atomic E-state index is -0.275. The molecule has 0 atom stereocenters. The molecular formula is C15H20FNO2. The first kappa shape index (κ1) is 14.0. The van der Waals surface area contributed by atoms with E-state index in [2.05, 4.69) is 0 Å². The van der Waals surface area contributed by atoms with Gasteiger partial charge in [0, 0.05) is 25.1 Å². The minimum absolute atomic E-state index is 0.0736. The highest BCUT2D eigenvalue weighted by Crippen LogP contribution is 2.23. The highest BCUT2D eigenvalue weighted by Gasteiger charge is 2.17. The molecule has 1 aliphatic rings. The summed E-state index contributed by atoms with van der Waals surface area (Å²) in [6, 6.07) is 4.63. The summed E-state index contributed by atoms with van der Waals surface area (Å²) < 4.78 is 19.1. The second kappa shape index (κ2) is 6.15. The summed E-state index contributed by atoms with van der Waals surface area (Å²) in [6.45, 7) is 6.54. The zero-order valence-electron chi connectivity index (χ0n) is 11.5. The van der Waals surface area contributed by atoms with Crippen molar-refractivity contribution in [2.75, 3.05) is 31.2 Å². The molecule has 1 aromatic carbocycles. The molecule has 4 heteroatoms. The summed E-state index contributed by atoms with van der Waals surface area (Å²) in [5, 5.41) is 0. The Balaban J connectivity index is 2.21. The summed E-state index contributed by atoms with van der Waals surface area (Å²) >= 11 is 0. The van der Waals surface area contributed by atoms with Crippen molar-refractivity contribution in [2.45, 2.75) is 20.3 Å². The average molecular weight is 265 g/mol. The van der Waals surface area contributed by atoms with Crippen LogP contribution in [-0.4, -0.2) is 32.1 Å². The number of hydrogen-bond donors (Lipinski definition) is 0. The molecule has 1 saturated heterocycles. The molecule has 0 aromatic heterocycles. The Morgan fingerprint density at radius 2 is 2.05 bits per heavy atom. The molecule has 0 aliphatic carbocycles. The van der Waals surface area contributed by atoms with Gasteiger partial charge >= 0.3 is 0 Å². The summed E-state index contributed by atoms with van der Waals surface area (Å²) in [6.07, 6.45) is 0.494. The van der Waals surface area contributed by atoms with Gasteiger partial charge in [0.1, 0.15) is 5.82 Å². The third kappa shape index (κ3) is 3.53. The van der Waals surface area contributed by atoms with Crippen molar-refractivity contribution in [3.05, 3.63) is 29.6 Å². The number of benzene rings is 1. The maximum Gasteiger partial charge on any atom is 0.163 e. The molecule has 0 bridgehead atoms. The Labute approximate surface area is 113 Å². The van der Waals surface area contributed by atoms with Gasteiger partial charge in [-0.2, -0.15) is 0 Å². The number of ether oxygens (including phenoxy) is 1.